The average Bonchev–Trinajstić information content (AvgIpc) is 2.97. The van der Waals surface area contributed by atoms with Crippen LogP contribution < -0.4 is 10.2 Å². The van der Waals surface area contributed by atoms with Gasteiger partial charge in [0, 0.05) is 38.2 Å². The zero-order valence-electron chi connectivity index (χ0n) is 17.0. The van der Waals surface area contributed by atoms with Gasteiger partial charge in [-0.3, -0.25) is 4.79 Å². The maximum atomic E-state index is 12.8. The quantitative estimate of drug-likeness (QED) is 0.760. The van der Waals surface area contributed by atoms with E-state index in [2.05, 4.69) is 25.1 Å². The van der Waals surface area contributed by atoms with Gasteiger partial charge in [0.05, 0.1) is 17.1 Å². The summed E-state index contributed by atoms with van der Waals surface area (Å²) < 4.78 is 40.5. The number of hydrogen-bond donors (Lipinski definition) is 1. The maximum absolute atomic E-state index is 12.8. The first-order chi connectivity index (χ1) is 14.8. The molecule has 0 spiro atoms. The summed E-state index contributed by atoms with van der Waals surface area (Å²) in [6.07, 6.45) is 1.74. The standard InChI is InChI=1S/C20H24ClF3N6O/c21-15-10-14(20(22,23)24)11-25-18(15)29-8-5-13(6-9-29)19(31)26-12-17-28-27-16-4-2-1-3-7-30(16)17/h10-11,13H,1-9,12H2,(H,26,31). The Labute approximate surface area is 183 Å². The molecule has 7 nitrogen and oxygen atoms in total. The number of anilines is 1. The summed E-state index contributed by atoms with van der Waals surface area (Å²) in [5, 5.41) is 11.4. The van der Waals surface area contributed by atoms with Crippen LogP contribution in [0, 0.1) is 5.92 Å². The zero-order valence-corrected chi connectivity index (χ0v) is 17.7. The van der Waals surface area contributed by atoms with Gasteiger partial charge >= 0.3 is 6.18 Å². The monoisotopic (exact) mass is 456 g/mol. The van der Waals surface area contributed by atoms with E-state index < -0.39 is 11.7 Å². The highest BCUT2D eigenvalue weighted by atomic mass is 35.5. The van der Waals surface area contributed by atoms with Crippen LogP contribution >= 0.6 is 11.6 Å². The highest BCUT2D eigenvalue weighted by Gasteiger charge is 2.33. The van der Waals surface area contributed by atoms with Crippen molar-refractivity contribution in [3.05, 3.63) is 34.5 Å². The zero-order chi connectivity index (χ0) is 22.0. The Morgan fingerprint density at radius 1 is 1.16 bits per heavy atom. The lowest BCUT2D eigenvalue weighted by molar-refractivity contribution is -0.137. The van der Waals surface area contributed by atoms with Gasteiger partial charge in [0.15, 0.2) is 5.82 Å². The van der Waals surface area contributed by atoms with E-state index in [0.717, 1.165) is 49.7 Å². The largest absolute Gasteiger partial charge is 0.417 e. The van der Waals surface area contributed by atoms with Gasteiger partial charge in [0.2, 0.25) is 5.91 Å². The van der Waals surface area contributed by atoms with Crippen molar-refractivity contribution < 1.29 is 18.0 Å². The van der Waals surface area contributed by atoms with E-state index in [4.69, 9.17) is 11.6 Å². The van der Waals surface area contributed by atoms with Crippen LogP contribution in [0.2, 0.25) is 5.02 Å². The van der Waals surface area contributed by atoms with Crippen molar-refractivity contribution >= 4 is 23.3 Å². The Balaban J connectivity index is 1.31. The lowest BCUT2D eigenvalue weighted by Gasteiger charge is -2.32. The summed E-state index contributed by atoms with van der Waals surface area (Å²) in [6, 6.07) is 0.893. The molecule has 1 N–H and O–H groups in total. The summed E-state index contributed by atoms with van der Waals surface area (Å²) in [6.45, 7) is 2.22. The third-order valence-corrected chi connectivity index (χ3v) is 6.20. The number of alkyl halides is 3. The van der Waals surface area contributed by atoms with Gasteiger partial charge in [-0.2, -0.15) is 13.2 Å². The molecule has 0 aromatic carbocycles. The second-order valence-corrected chi connectivity index (χ2v) is 8.41. The highest BCUT2D eigenvalue weighted by Crippen LogP contribution is 2.34. The molecule has 11 heteroatoms. The number of rotatable bonds is 4. The summed E-state index contributed by atoms with van der Waals surface area (Å²) in [4.78, 5) is 18.4. The van der Waals surface area contributed by atoms with Gasteiger partial charge in [-0.1, -0.05) is 18.0 Å². The molecule has 1 amide bonds. The minimum Gasteiger partial charge on any atom is -0.355 e. The van der Waals surface area contributed by atoms with Crippen LogP contribution in [0.3, 0.4) is 0 Å². The fraction of sp³-hybridized carbons (Fsp3) is 0.600. The number of hydrogen-bond acceptors (Lipinski definition) is 5. The summed E-state index contributed by atoms with van der Waals surface area (Å²) >= 11 is 6.05. The first-order valence-electron chi connectivity index (χ1n) is 10.5. The van der Waals surface area contributed by atoms with Crippen LogP contribution in [-0.4, -0.2) is 38.7 Å². The number of piperidine rings is 1. The molecule has 0 aliphatic carbocycles. The summed E-state index contributed by atoms with van der Waals surface area (Å²) in [7, 11) is 0. The predicted octanol–water partition coefficient (Wildman–Crippen LogP) is 3.60. The van der Waals surface area contributed by atoms with Gasteiger partial charge < -0.3 is 14.8 Å². The molecule has 0 radical (unpaired) electrons. The molecule has 1 fully saturated rings. The van der Waals surface area contributed by atoms with Gasteiger partial charge in [-0.05, 0) is 31.7 Å². The van der Waals surface area contributed by atoms with Crippen molar-refractivity contribution in [2.75, 3.05) is 18.0 Å². The van der Waals surface area contributed by atoms with E-state index >= 15 is 0 Å². The van der Waals surface area contributed by atoms with Crippen LogP contribution in [0.5, 0.6) is 0 Å². The van der Waals surface area contributed by atoms with Crippen molar-refractivity contribution in [3.8, 4) is 0 Å². The molecule has 4 rings (SSSR count). The first kappa shape index (κ1) is 21.9. The van der Waals surface area contributed by atoms with Crippen molar-refractivity contribution in [1.82, 2.24) is 25.1 Å². The number of halogens is 4. The van der Waals surface area contributed by atoms with Crippen LogP contribution in [0.25, 0.3) is 0 Å². The maximum Gasteiger partial charge on any atom is 0.417 e. The molecule has 4 heterocycles. The number of fused-ring (bicyclic) bond motifs is 1. The average molecular weight is 457 g/mol. The highest BCUT2D eigenvalue weighted by molar-refractivity contribution is 6.33. The molecule has 0 unspecified atom stereocenters. The fourth-order valence-electron chi connectivity index (χ4n) is 4.16. The molecular formula is C20H24ClF3N6O. The third kappa shape index (κ3) is 4.94. The van der Waals surface area contributed by atoms with Crippen molar-refractivity contribution in [2.45, 2.75) is 57.8 Å². The SMILES string of the molecule is O=C(NCc1nnc2n1CCCCC2)C1CCN(c2ncc(C(F)(F)F)cc2Cl)CC1. The van der Waals surface area contributed by atoms with Crippen LogP contribution in [0.4, 0.5) is 19.0 Å². The number of amides is 1. The smallest absolute Gasteiger partial charge is 0.355 e. The van der Waals surface area contributed by atoms with Gasteiger partial charge in [0.1, 0.15) is 11.6 Å². The molecular weight excluding hydrogens is 433 g/mol. The fourth-order valence-corrected chi connectivity index (χ4v) is 4.44. The Bertz CT molecular complexity index is 939. The normalized spacial score (nSPS) is 17.9. The number of aryl methyl sites for hydroxylation is 1. The second kappa shape index (κ2) is 9.02. The van der Waals surface area contributed by atoms with E-state index in [1.54, 1.807) is 0 Å². The number of pyridine rings is 1. The van der Waals surface area contributed by atoms with Gasteiger partial charge in [-0.25, -0.2) is 4.98 Å². The van der Waals surface area contributed by atoms with Crippen LogP contribution in [0.1, 0.15) is 49.3 Å². The van der Waals surface area contributed by atoms with E-state index in [1.165, 1.54) is 6.42 Å². The van der Waals surface area contributed by atoms with Crippen molar-refractivity contribution in [2.24, 2.45) is 5.92 Å². The summed E-state index contributed by atoms with van der Waals surface area (Å²) in [5.41, 5.74) is -0.873. The van der Waals surface area contributed by atoms with E-state index in [1.807, 2.05) is 4.90 Å². The molecule has 2 aliphatic rings. The molecule has 0 saturated carbocycles. The minimum absolute atomic E-state index is 0.0368. The van der Waals surface area contributed by atoms with Gasteiger partial charge in [0.25, 0.3) is 0 Å². The van der Waals surface area contributed by atoms with E-state index in [-0.39, 0.29) is 16.8 Å². The minimum atomic E-state index is -4.48. The number of carbonyl (C=O) groups is 1. The first-order valence-corrected chi connectivity index (χ1v) is 10.9. The van der Waals surface area contributed by atoms with Gasteiger partial charge in [-0.15, -0.1) is 10.2 Å². The lowest BCUT2D eigenvalue weighted by Crippen LogP contribution is -2.41. The molecule has 31 heavy (non-hydrogen) atoms. The Hall–Kier alpha value is -2.36. The molecule has 168 valence electrons. The molecule has 2 aromatic rings. The lowest BCUT2D eigenvalue weighted by atomic mass is 9.96. The molecule has 1 saturated heterocycles. The van der Waals surface area contributed by atoms with Crippen LogP contribution in [0.15, 0.2) is 12.3 Å². The number of nitrogens with one attached hydrogen (secondary N) is 1. The van der Waals surface area contributed by atoms with Crippen molar-refractivity contribution in [3.63, 3.8) is 0 Å². The molecule has 2 aliphatic heterocycles. The molecule has 0 atom stereocenters. The van der Waals surface area contributed by atoms with Crippen LogP contribution in [-0.2, 0) is 30.5 Å². The summed E-state index contributed by atoms with van der Waals surface area (Å²) in [5.74, 6) is 1.87. The van der Waals surface area contributed by atoms with E-state index in [9.17, 15) is 18.0 Å². The Morgan fingerprint density at radius 3 is 2.65 bits per heavy atom. The Kier molecular flexibility index (Phi) is 6.36. The Morgan fingerprint density at radius 2 is 1.94 bits per heavy atom. The predicted molar refractivity (Wildman–Crippen MR) is 109 cm³/mol. The number of nitrogens with zero attached hydrogens (tertiary/aromatic N) is 5. The molecule has 2 aromatic heterocycles. The topological polar surface area (TPSA) is 75.9 Å². The van der Waals surface area contributed by atoms with E-state index in [0.29, 0.717) is 38.3 Å². The second-order valence-electron chi connectivity index (χ2n) is 8.00. The number of aromatic nitrogens is 4. The van der Waals surface area contributed by atoms with Crippen molar-refractivity contribution in [1.29, 1.82) is 0 Å². The molecule has 0 bridgehead atoms. The third-order valence-electron chi connectivity index (χ3n) is 5.92. The number of carbonyl (C=O) groups excluding carboxylic acids is 1.